The number of pyridine rings is 1. The van der Waals surface area contributed by atoms with Crippen LogP contribution in [-0.2, 0) is 12.6 Å². The molecule has 7 nitrogen and oxygen atoms in total. The number of amides is 1. The molecule has 0 saturated carbocycles. The standard InChI is InChI=1S/C21H17F3N6O/c1-29(16-5-2-11-6-12(21(22,23)24)3-4-13(11)16)20(31)14-7-17-15(8-27-14)28-19(25)18-9-26-10-30(17)18/h3-4,6-10,16H,2,5H2,1H3,(H2,25,28). The number of alkyl halides is 3. The molecule has 0 bridgehead atoms. The number of nitrogen functional groups attached to an aromatic ring is 1. The molecule has 1 aliphatic carbocycles. The molecule has 4 aromatic rings. The molecule has 10 heteroatoms. The number of hydrogen-bond acceptors (Lipinski definition) is 5. The van der Waals surface area contributed by atoms with Gasteiger partial charge in [0.1, 0.15) is 22.5 Å². The predicted octanol–water partition coefficient (Wildman–Crippen LogP) is 3.64. The third-order valence-corrected chi connectivity index (χ3v) is 5.79. The molecule has 0 spiro atoms. The summed E-state index contributed by atoms with van der Waals surface area (Å²) in [6, 6.07) is 5.01. The number of aryl methyl sites for hydroxylation is 1. The van der Waals surface area contributed by atoms with Gasteiger partial charge >= 0.3 is 6.18 Å². The van der Waals surface area contributed by atoms with Crippen LogP contribution >= 0.6 is 0 Å². The number of nitrogens with two attached hydrogens (primary N) is 1. The average molecular weight is 426 g/mol. The third-order valence-electron chi connectivity index (χ3n) is 5.79. The Morgan fingerprint density at radius 3 is 2.81 bits per heavy atom. The number of hydrogen-bond donors (Lipinski definition) is 1. The Morgan fingerprint density at radius 2 is 2.03 bits per heavy atom. The van der Waals surface area contributed by atoms with Gasteiger partial charge < -0.3 is 10.6 Å². The monoisotopic (exact) mass is 426 g/mol. The zero-order valence-corrected chi connectivity index (χ0v) is 16.4. The summed E-state index contributed by atoms with van der Waals surface area (Å²) in [5, 5.41) is 0. The molecule has 1 amide bonds. The number of fused-ring (bicyclic) bond motifs is 4. The molecule has 158 valence electrons. The second kappa shape index (κ2) is 6.66. The SMILES string of the molecule is CN(C(=O)c1cc2c(cn1)nc(N)c1cncn12)C1CCc2cc(C(F)(F)F)ccc21. The fourth-order valence-electron chi connectivity index (χ4n) is 4.19. The van der Waals surface area contributed by atoms with Crippen LogP contribution in [-0.4, -0.2) is 37.2 Å². The first-order chi connectivity index (χ1) is 14.7. The molecule has 0 saturated heterocycles. The van der Waals surface area contributed by atoms with E-state index in [9.17, 15) is 18.0 Å². The summed E-state index contributed by atoms with van der Waals surface area (Å²) in [4.78, 5) is 27.3. The number of carbonyl (C=O) groups is 1. The van der Waals surface area contributed by atoms with Crippen molar-refractivity contribution in [1.29, 1.82) is 0 Å². The largest absolute Gasteiger partial charge is 0.416 e. The van der Waals surface area contributed by atoms with Gasteiger partial charge in [0.25, 0.3) is 5.91 Å². The van der Waals surface area contributed by atoms with Gasteiger partial charge in [-0.3, -0.25) is 9.20 Å². The van der Waals surface area contributed by atoms with Gasteiger partial charge in [0.2, 0.25) is 0 Å². The minimum Gasteiger partial charge on any atom is -0.382 e. The maximum absolute atomic E-state index is 13.2. The van der Waals surface area contributed by atoms with E-state index < -0.39 is 11.7 Å². The maximum atomic E-state index is 13.2. The summed E-state index contributed by atoms with van der Waals surface area (Å²) >= 11 is 0. The average Bonchev–Trinajstić information content (AvgIpc) is 3.39. The molecule has 5 rings (SSSR count). The predicted molar refractivity (Wildman–Crippen MR) is 107 cm³/mol. The summed E-state index contributed by atoms with van der Waals surface area (Å²) in [5.74, 6) is -0.0199. The highest BCUT2D eigenvalue weighted by atomic mass is 19.4. The van der Waals surface area contributed by atoms with E-state index in [1.54, 1.807) is 30.0 Å². The van der Waals surface area contributed by atoms with Crippen LogP contribution in [0.1, 0.15) is 39.6 Å². The van der Waals surface area contributed by atoms with Crippen molar-refractivity contribution in [3.05, 3.63) is 65.4 Å². The van der Waals surface area contributed by atoms with Gasteiger partial charge in [0, 0.05) is 7.05 Å². The summed E-state index contributed by atoms with van der Waals surface area (Å²) in [6.07, 6.45) is 1.28. The topological polar surface area (TPSA) is 89.4 Å². The van der Waals surface area contributed by atoms with Crippen molar-refractivity contribution >= 4 is 28.3 Å². The van der Waals surface area contributed by atoms with E-state index in [1.807, 2.05) is 0 Å². The van der Waals surface area contributed by atoms with Crippen LogP contribution in [0.2, 0.25) is 0 Å². The van der Waals surface area contributed by atoms with E-state index in [-0.39, 0.29) is 17.6 Å². The highest BCUT2D eigenvalue weighted by Gasteiger charge is 2.35. The molecule has 2 N–H and O–H groups in total. The molecular weight excluding hydrogens is 409 g/mol. The second-order valence-corrected chi connectivity index (χ2v) is 7.59. The first-order valence-electron chi connectivity index (χ1n) is 9.58. The maximum Gasteiger partial charge on any atom is 0.416 e. The lowest BCUT2D eigenvalue weighted by atomic mass is 10.0. The Kier molecular flexibility index (Phi) is 4.14. The summed E-state index contributed by atoms with van der Waals surface area (Å²) in [6.45, 7) is 0. The van der Waals surface area contributed by atoms with Crippen molar-refractivity contribution in [3.8, 4) is 0 Å². The lowest BCUT2D eigenvalue weighted by Crippen LogP contribution is -2.30. The fraction of sp³-hybridized carbons (Fsp3) is 0.238. The summed E-state index contributed by atoms with van der Waals surface area (Å²) in [7, 11) is 1.64. The van der Waals surface area contributed by atoms with Crippen LogP contribution in [0.15, 0.2) is 43.0 Å². The lowest BCUT2D eigenvalue weighted by molar-refractivity contribution is -0.137. The quantitative estimate of drug-likeness (QED) is 0.529. The summed E-state index contributed by atoms with van der Waals surface area (Å²) in [5.41, 5.74) is 8.59. The van der Waals surface area contributed by atoms with Gasteiger partial charge in [0.15, 0.2) is 0 Å². The number of rotatable bonds is 2. The molecule has 1 unspecified atom stereocenters. The molecule has 31 heavy (non-hydrogen) atoms. The van der Waals surface area contributed by atoms with E-state index in [1.165, 1.54) is 23.2 Å². The van der Waals surface area contributed by atoms with E-state index in [0.717, 1.165) is 11.6 Å². The van der Waals surface area contributed by atoms with E-state index in [0.29, 0.717) is 40.8 Å². The Bertz CT molecular complexity index is 1350. The Balaban J connectivity index is 1.49. The molecule has 3 aromatic heterocycles. The zero-order chi connectivity index (χ0) is 21.9. The Labute approximate surface area is 174 Å². The first-order valence-corrected chi connectivity index (χ1v) is 9.58. The minimum absolute atomic E-state index is 0.205. The third kappa shape index (κ3) is 3.06. The fourth-order valence-corrected chi connectivity index (χ4v) is 4.19. The number of nitrogens with zero attached hydrogens (tertiary/aromatic N) is 5. The van der Waals surface area contributed by atoms with Crippen LogP contribution in [0.3, 0.4) is 0 Å². The van der Waals surface area contributed by atoms with Crippen LogP contribution in [0.5, 0.6) is 0 Å². The zero-order valence-electron chi connectivity index (χ0n) is 16.4. The molecule has 0 fully saturated rings. The van der Waals surface area contributed by atoms with Gasteiger partial charge in [-0.05, 0) is 42.2 Å². The van der Waals surface area contributed by atoms with Gasteiger partial charge in [-0.25, -0.2) is 15.0 Å². The molecule has 1 aliphatic rings. The number of anilines is 1. The van der Waals surface area contributed by atoms with Crippen LogP contribution in [0.25, 0.3) is 16.6 Å². The van der Waals surface area contributed by atoms with Crippen molar-refractivity contribution in [2.75, 3.05) is 12.8 Å². The van der Waals surface area contributed by atoms with Gasteiger partial charge in [-0.1, -0.05) is 6.07 Å². The van der Waals surface area contributed by atoms with Crippen LogP contribution < -0.4 is 5.73 Å². The van der Waals surface area contributed by atoms with Crippen molar-refractivity contribution in [3.63, 3.8) is 0 Å². The first kappa shape index (κ1) is 19.3. The van der Waals surface area contributed by atoms with E-state index in [4.69, 9.17) is 5.73 Å². The van der Waals surface area contributed by atoms with Crippen LogP contribution in [0.4, 0.5) is 19.0 Å². The Hall–Kier alpha value is -3.69. The van der Waals surface area contributed by atoms with E-state index >= 15 is 0 Å². The molecular formula is C21H17F3N6O. The number of halogens is 3. The number of imidazole rings is 1. The van der Waals surface area contributed by atoms with Crippen molar-refractivity contribution in [2.24, 2.45) is 0 Å². The van der Waals surface area contributed by atoms with Crippen LogP contribution in [0, 0.1) is 0 Å². The molecule has 0 radical (unpaired) electrons. The highest BCUT2D eigenvalue weighted by molar-refractivity contribution is 5.96. The second-order valence-electron chi connectivity index (χ2n) is 7.59. The number of benzene rings is 1. The van der Waals surface area contributed by atoms with Crippen molar-refractivity contribution in [1.82, 2.24) is 24.3 Å². The van der Waals surface area contributed by atoms with Crippen molar-refractivity contribution < 1.29 is 18.0 Å². The molecule has 1 aromatic carbocycles. The highest BCUT2D eigenvalue weighted by Crippen LogP contribution is 2.39. The summed E-state index contributed by atoms with van der Waals surface area (Å²) < 4.78 is 40.8. The van der Waals surface area contributed by atoms with Gasteiger partial charge in [-0.2, -0.15) is 13.2 Å². The smallest absolute Gasteiger partial charge is 0.382 e. The normalized spacial score (nSPS) is 16.1. The number of carbonyl (C=O) groups excluding carboxylic acids is 1. The molecule has 0 aliphatic heterocycles. The molecule has 1 atom stereocenters. The van der Waals surface area contributed by atoms with Gasteiger partial charge in [-0.15, -0.1) is 0 Å². The molecule has 3 heterocycles. The lowest BCUT2D eigenvalue weighted by Gasteiger charge is -2.25. The van der Waals surface area contributed by atoms with Gasteiger partial charge in [0.05, 0.1) is 35.8 Å². The minimum atomic E-state index is -4.39. The Morgan fingerprint density at radius 1 is 1.23 bits per heavy atom. The number of aromatic nitrogens is 4. The van der Waals surface area contributed by atoms with E-state index in [2.05, 4.69) is 15.0 Å². The van der Waals surface area contributed by atoms with Crippen molar-refractivity contribution in [2.45, 2.75) is 25.1 Å².